The first-order valence-electron chi connectivity index (χ1n) is 3.98. The number of ether oxygens (including phenoxy) is 1. The number of nitrogens with one attached hydrogen (secondary N) is 1. The van der Waals surface area contributed by atoms with Crippen molar-refractivity contribution in [1.29, 1.82) is 0 Å². The molecule has 1 aliphatic heterocycles. The van der Waals surface area contributed by atoms with E-state index in [1.807, 2.05) is 0 Å². The maximum atomic E-state index is 11.5. The van der Waals surface area contributed by atoms with E-state index >= 15 is 0 Å². The van der Waals surface area contributed by atoms with E-state index in [2.05, 4.69) is 37.2 Å². The summed E-state index contributed by atoms with van der Waals surface area (Å²) in [5.74, 6) is -0.833. The van der Waals surface area contributed by atoms with Crippen molar-refractivity contribution in [1.82, 2.24) is 0 Å². The number of hydrogen-bond donors (Lipinski definition) is 1. The molecule has 1 N–H and O–H groups in total. The molecule has 6 heteroatoms. The van der Waals surface area contributed by atoms with Gasteiger partial charge in [-0.25, -0.2) is 0 Å². The molecule has 0 saturated heterocycles. The van der Waals surface area contributed by atoms with Crippen LogP contribution in [0.5, 0.6) is 5.75 Å². The molecule has 0 bridgehead atoms. The number of carbonyl (C=O) groups is 2. The smallest absolute Gasteiger partial charge is 0.297 e. The van der Waals surface area contributed by atoms with E-state index in [-0.39, 0.29) is 5.56 Å². The van der Waals surface area contributed by atoms with Crippen molar-refractivity contribution in [3.8, 4) is 5.75 Å². The van der Waals surface area contributed by atoms with E-state index in [4.69, 9.17) is 4.74 Å². The zero-order valence-corrected chi connectivity index (χ0v) is 10.7. The Morgan fingerprint density at radius 1 is 1.33 bits per heavy atom. The monoisotopic (exact) mass is 333 g/mol. The fraction of sp³-hybridized carbons (Fsp3) is 0.111. The van der Waals surface area contributed by atoms with Gasteiger partial charge in [0.25, 0.3) is 11.7 Å². The van der Waals surface area contributed by atoms with Crippen molar-refractivity contribution in [2.24, 2.45) is 0 Å². The van der Waals surface area contributed by atoms with Crippen LogP contribution in [0.15, 0.2) is 15.0 Å². The highest BCUT2D eigenvalue weighted by molar-refractivity contribution is 9.13. The van der Waals surface area contributed by atoms with Gasteiger partial charge in [0.2, 0.25) is 0 Å². The molecule has 0 spiro atoms. The second-order valence-corrected chi connectivity index (χ2v) is 4.56. The molecule has 1 amide bonds. The van der Waals surface area contributed by atoms with Crippen LogP contribution in [0.4, 0.5) is 5.69 Å². The molecule has 0 aromatic heterocycles. The number of halogens is 2. The summed E-state index contributed by atoms with van der Waals surface area (Å²) in [4.78, 5) is 22.7. The van der Waals surface area contributed by atoms with Gasteiger partial charge in [-0.05, 0) is 37.9 Å². The number of fused-ring (bicyclic) bond motifs is 1. The molecule has 1 aliphatic rings. The molecule has 0 saturated carbocycles. The van der Waals surface area contributed by atoms with Gasteiger partial charge in [-0.2, -0.15) is 0 Å². The highest BCUT2D eigenvalue weighted by Crippen LogP contribution is 2.42. The summed E-state index contributed by atoms with van der Waals surface area (Å²) in [5.41, 5.74) is 0.730. The van der Waals surface area contributed by atoms with Crippen molar-refractivity contribution in [3.05, 3.63) is 20.6 Å². The minimum Gasteiger partial charge on any atom is -0.496 e. The molecular formula is C9H5Br2NO3. The Morgan fingerprint density at radius 3 is 2.60 bits per heavy atom. The molecule has 78 valence electrons. The lowest BCUT2D eigenvalue weighted by Crippen LogP contribution is -2.12. The second kappa shape index (κ2) is 3.61. The number of amides is 1. The van der Waals surface area contributed by atoms with Crippen LogP contribution in [-0.2, 0) is 4.79 Å². The highest BCUT2D eigenvalue weighted by atomic mass is 79.9. The summed E-state index contributed by atoms with van der Waals surface area (Å²) < 4.78 is 6.40. The van der Waals surface area contributed by atoms with Crippen LogP contribution in [0.3, 0.4) is 0 Å². The summed E-state index contributed by atoms with van der Waals surface area (Å²) in [6.07, 6.45) is 0. The first kappa shape index (κ1) is 10.6. The molecule has 1 heterocycles. The van der Waals surface area contributed by atoms with E-state index in [0.717, 1.165) is 0 Å². The van der Waals surface area contributed by atoms with Gasteiger partial charge in [-0.1, -0.05) is 0 Å². The normalized spacial score (nSPS) is 13.8. The van der Waals surface area contributed by atoms with Crippen LogP contribution in [-0.4, -0.2) is 18.8 Å². The van der Waals surface area contributed by atoms with Crippen LogP contribution in [0.1, 0.15) is 10.4 Å². The fourth-order valence-corrected chi connectivity index (χ4v) is 2.21. The van der Waals surface area contributed by atoms with E-state index < -0.39 is 11.7 Å². The van der Waals surface area contributed by atoms with Crippen molar-refractivity contribution >= 4 is 49.2 Å². The Kier molecular flexibility index (Phi) is 2.56. The average Bonchev–Trinajstić information content (AvgIpc) is 2.50. The Bertz CT molecular complexity index is 485. The minimum absolute atomic E-state index is 0.276. The topological polar surface area (TPSA) is 55.4 Å². The summed E-state index contributed by atoms with van der Waals surface area (Å²) in [7, 11) is 1.45. The molecule has 0 atom stereocenters. The first-order chi connectivity index (χ1) is 7.06. The number of rotatable bonds is 1. The number of ketones is 1. The largest absolute Gasteiger partial charge is 0.496 e. The van der Waals surface area contributed by atoms with Gasteiger partial charge < -0.3 is 10.1 Å². The SMILES string of the molecule is COc1cc(Br)c(Br)c2c1C(=O)C(=O)N2. The number of anilines is 1. The van der Waals surface area contributed by atoms with E-state index in [9.17, 15) is 9.59 Å². The van der Waals surface area contributed by atoms with Gasteiger partial charge in [0.15, 0.2) is 0 Å². The zero-order chi connectivity index (χ0) is 11.2. The molecule has 4 nitrogen and oxygen atoms in total. The van der Waals surface area contributed by atoms with Gasteiger partial charge in [-0.15, -0.1) is 0 Å². The second-order valence-electron chi connectivity index (χ2n) is 2.91. The van der Waals surface area contributed by atoms with Gasteiger partial charge in [0, 0.05) is 4.47 Å². The number of Topliss-reactive ketones (excluding diaryl/α,β-unsaturated/α-hetero) is 1. The summed E-state index contributed by atoms with van der Waals surface area (Å²) in [6.45, 7) is 0. The molecule has 1 aromatic rings. The van der Waals surface area contributed by atoms with Crippen LogP contribution >= 0.6 is 31.9 Å². The summed E-state index contributed by atoms with van der Waals surface area (Å²) >= 11 is 6.57. The molecule has 0 aliphatic carbocycles. The van der Waals surface area contributed by atoms with Crippen LogP contribution in [0, 0.1) is 0 Å². The van der Waals surface area contributed by atoms with Crippen molar-refractivity contribution in [2.45, 2.75) is 0 Å². The molecule has 0 fully saturated rings. The maximum Gasteiger partial charge on any atom is 0.297 e. The quantitative estimate of drug-likeness (QED) is 0.802. The van der Waals surface area contributed by atoms with Gasteiger partial charge >= 0.3 is 0 Å². The third-order valence-electron chi connectivity index (χ3n) is 2.08. The summed E-state index contributed by atoms with van der Waals surface area (Å²) in [5, 5.41) is 2.49. The van der Waals surface area contributed by atoms with E-state index in [1.165, 1.54) is 7.11 Å². The standard InChI is InChI=1S/C9H5Br2NO3/c1-15-4-2-3(10)6(11)7-5(4)8(13)9(14)12-7/h2H,1H3,(H,12,13,14). The Morgan fingerprint density at radius 2 is 2.00 bits per heavy atom. The predicted molar refractivity (Wildman–Crippen MR) is 61.4 cm³/mol. The third kappa shape index (κ3) is 1.48. The number of carbonyl (C=O) groups excluding carboxylic acids is 2. The maximum absolute atomic E-state index is 11.5. The van der Waals surface area contributed by atoms with Crippen LogP contribution < -0.4 is 10.1 Å². The molecular weight excluding hydrogens is 330 g/mol. The fourth-order valence-electron chi connectivity index (χ4n) is 1.39. The molecule has 2 rings (SSSR count). The van der Waals surface area contributed by atoms with Crippen molar-refractivity contribution < 1.29 is 14.3 Å². The first-order valence-corrected chi connectivity index (χ1v) is 5.56. The van der Waals surface area contributed by atoms with Crippen molar-refractivity contribution in [2.75, 3.05) is 12.4 Å². The lowest BCUT2D eigenvalue weighted by molar-refractivity contribution is -0.112. The van der Waals surface area contributed by atoms with Crippen molar-refractivity contribution in [3.63, 3.8) is 0 Å². The average molecular weight is 335 g/mol. The Balaban J connectivity index is 2.76. The van der Waals surface area contributed by atoms with Gasteiger partial charge in [-0.3, -0.25) is 9.59 Å². The van der Waals surface area contributed by atoms with Gasteiger partial charge in [0.1, 0.15) is 5.75 Å². The molecule has 0 unspecified atom stereocenters. The minimum atomic E-state index is -0.637. The molecule has 0 radical (unpaired) electrons. The predicted octanol–water partition coefficient (Wildman–Crippen LogP) is 2.35. The van der Waals surface area contributed by atoms with E-state index in [1.54, 1.807) is 6.07 Å². The molecule has 15 heavy (non-hydrogen) atoms. The van der Waals surface area contributed by atoms with E-state index in [0.29, 0.717) is 20.4 Å². The Labute approximate surface area is 102 Å². The zero-order valence-electron chi connectivity index (χ0n) is 7.56. The van der Waals surface area contributed by atoms with Gasteiger partial charge in [0.05, 0.1) is 22.8 Å². The number of benzene rings is 1. The molecule has 1 aromatic carbocycles. The lowest BCUT2D eigenvalue weighted by Gasteiger charge is -2.08. The van der Waals surface area contributed by atoms with Crippen LogP contribution in [0.25, 0.3) is 0 Å². The summed E-state index contributed by atoms with van der Waals surface area (Å²) in [6, 6.07) is 1.64. The third-order valence-corrected chi connectivity index (χ3v) is 4.06. The number of hydrogen-bond acceptors (Lipinski definition) is 3. The highest BCUT2D eigenvalue weighted by Gasteiger charge is 2.34. The van der Waals surface area contributed by atoms with Crippen LogP contribution in [0.2, 0.25) is 0 Å². The lowest BCUT2D eigenvalue weighted by atomic mass is 10.1. The Hall–Kier alpha value is -0.880. The number of methoxy groups -OCH3 is 1.